The number of hydrogen-bond donors (Lipinski definition) is 1. The fourth-order valence-electron chi connectivity index (χ4n) is 2.90. The van der Waals surface area contributed by atoms with E-state index in [-0.39, 0.29) is 0 Å². The third kappa shape index (κ3) is 4.13. The van der Waals surface area contributed by atoms with Crippen molar-refractivity contribution in [3.05, 3.63) is 41.6 Å². The number of rotatable bonds is 4. The summed E-state index contributed by atoms with van der Waals surface area (Å²) in [6, 6.07) is 11.7. The first kappa shape index (κ1) is 18.2. The van der Waals surface area contributed by atoms with Crippen molar-refractivity contribution < 1.29 is 4.58 Å². The van der Waals surface area contributed by atoms with Gasteiger partial charge < -0.3 is 9.80 Å². The summed E-state index contributed by atoms with van der Waals surface area (Å²) in [7, 11) is 3.75. The molecule has 0 aliphatic carbocycles. The molecule has 0 spiro atoms. The number of anilines is 3. The minimum atomic E-state index is 0.348. The largest absolute Gasteiger partial charge is 0.353 e. The number of pyridine rings is 2. The summed E-state index contributed by atoms with van der Waals surface area (Å²) < 4.78 is 1.83. The molecule has 136 valence electrons. The minimum Gasteiger partial charge on any atom is -0.353 e. The van der Waals surface area contributed by atoms with Gasteiger partial charge in [0, 0.05) is 32.4 Å². The van der Waals surface area contributed by atoms with Gasteiger partial charge in [-0.15, -0.1) is 0 Å². The lowest BCUT2D eigenvalue weighted by molar-refractivity contribution is -0.459. The molecule has 1 saturated heterocycles. The SMILES string of the molecule is C[N+](C)=CNc1nc(N2CCN(c3ccccn3)CC2)c(C#N)cc1C#N. The van der Waals surface area contributed by atoms with E-state index in [0.29, 0.717) is 22.8 Å². The van der Waals surface area contributed by atoms with Crippen LogP contribution in [0.5, 0.6) is 0 Å². The standard InChI is InChI=1S/C19H20N8/c1-25(2)14-23-18-15(12-20)11-16(13-21)19(24-18)27-9-7-26(8-10-27)17-5-3-4-6-22-17/h3-6,11,14H,7-10H2,1-2H3/p+1. The average Bonchev–Trinajstić information content (AvgIpc) is 2.72. The lowest BCUT2D eigenvalue weighted by Crippen LogP contribution is -2.47. The Kier molecular flexibility index (Phi) is 5.48. The van der Waals surface area contributed by atoms with Gasteiger partial charge in [0.2, 0.25) is 12.2 Å². The molecule has 0 saturated carbocycles. The Morgan fingerprint density at radius 2 is 1.78 bits per heavy atom. The van der Waals surface area contributed by atoms with Crippen LogP contribution in [-0.2, 0) is 0 Å². The van der Waals surface area contributed by atoms with E-state index >= 15 is 0 Å². The highest BCUT2D eigenvalue weighted by Crippen LogP contribution is 2.25. The van der Waals surface area contributed by atoms with Crippen LogP contribution in [0, 0.1) is 22.7 Å². The molecule has 1 aliphatic rings. The Morgan fingerprint density at radius 3 is 2.37 bits per heavy atom. The van der Waals surface area contributed by atoms with E-state index in [1.54, 1.807) is 18.6 Å². The van der Waals surface area contributed by atoms with Gasteiger partial charge in [-0.1, -0.05) is 6.07 Å². The Hall–Kier alpha value is -3.65. The molecule has 3 rings (SSSR count). The molecule has 0 amide bonds. The van der Waals surface area contributed by atoms with Gasteiger partial charge in [-0.05, 0) is 18.2 Å². The summed E-state index contributed by atoms with van der Waals surface area (Å²) in [5, 5.41) is 21.9. The Bertz CT molecular complexity index is 911. The predicted molar refractivity (Wildman–Crippen MR) is 104 cm³/mol. The van der Waals surface area contributed by atoms with Crippen molar-refractivity contribution in [1.82, 2.24) is 9.97 Å². The molecule has 27 heavy (non-hydrogen) atoms. The molecular weight excluding hydrogens is 340 g/mol. The number of nitriles is 2. The molecule has 1 aliphatic heterocycles. The molecule has 1 fully saturated rings. The predicted octanol–water partition coefficient (Wildman–Crippen LogP) is 1.26. The molecule has 0 aromatic carbocycles. The summed E-state index contributed by atoms with van der Waals surface area (Å²) >= 11 is 0. The fraction of sp³-hybridized carbons (Fsp3) is 0.316. The molecule has 1 N–H and O–H groups in total. The van der Waals surface area contributed by atoms with Crippen molar-refractivity contribution in [2.75, 3.05) is 55.4 Å². The van der Waals surface area contributed by atoms with Crippen molar-refractivity contribution in [2.24, 2.45) is 0 Å². The zero-order valence-corrected chi connectivity index (χ0v) is 15.4. The summed E-state index contributed by atoms with van der Waals surface area (Å²) in [4.78, 5) is 13.3. The van der Waals surface area contributed by atoms with E-state index < -0.39 is 0 Å². The van der Waals surface area contributed by atoms with Gasteiger partial charge in [0.15, 0.2) is 5.82 Å². The van der Waals surface area contributed by atoms with Crippen molar-refractivity contribution in [3.8, 4) is 12.1 Å². The zero-order chi connectivity index (χ0) is 19.2. The second kappa shape index (κ2) is 8.15. The first-order valence-corrected chi connectivity index (χ1v) is 8.65. The van der Waals surface area contributed by atoms with Crippen LogP contribution in [0.25, 0.3) is 0 Å². The van der Waals surface area contributed by atoms with Gasteiger partial charge in [-0.3, -0.25) is 4.58 Å². The van der Waals surface area contributed by atoms with Crippen molar-refractivity contribution in [1.29, 1.82) is 10.5 Å². The van der Waals surface area contributed by atoms with E-state index in [9.17, 15) is 10.5 Å². The van der Waals surface area contributed by atoms with E-state index in [4.69, 9.17) is 0 Å². The average molecular weight is 361 g/mol. The third-order valence-electron chi connectivity index (χ3n) is 4.26. The van der Waals surface area contributed by atoms with Gasteiger partial charge in [-0.2, -0.15) is 15.5 Å². The molecule has 0 unspecified atom stereocenters. The molecule has 8 nitrogen and oxygen atoms in total. The number of aromatic nitrogens is 2. The van der Waals surface area contributed by atoms with E-state index in [1.807, 2.05) is 36.9 Å². The van der Waals surface area contributed by atoms with Crippen molar-refractivity contribution in [3.63, 3.8) is 0 Å². The normalized spacial score (nSPS) is 13.5. The number of nitrogens with one attached hydrogen (secondary N) is 1. The van der Waals surface area contributed by atoms with E-state index in [2.05, 4.69) is 37.2 Å². The monoisotopic (exact) mass is 361 g/mol. The van der Waals surface area contributed by atoms with Crippen molar-refractivity contribution in [2.45, 2.75) is 0 Å². The lowest BCUT2D eigenvalue weighted by atomic mass is 10.1. The number of hydrogen-bond acceptors (Lipinski definition) is 6. The molecule has 3 heterocycles. The maximum atomic E-state index is 9.53. The zero-order valence-electron chi connectivity index (χ0n) is 15.4. The number of nitrogens with zero attached hydrogens (tertiary/aromatic N) is 7. The molecule has 2 aromatic rings. The quantitative estimate of drug-likeness (QED) is 0.498. The first-order valence-electron chi connectivity index (χ1n) is 8.65. The Labute approximate surface area is 158 Å². The summed E-state index contributed by atoms with van der Waals surface area (Å²) in [6.07, 6.45) is 3.51. The molecule has 2 aromatic heterocycles. The molecule has 0 bridgehead atoms. The van der Waals surface area contributed by atoms with Crippen molar-refractivity contribution >= 4 is 23.8 Å². The maximum Gasteiger partial charge on any atom is 0.238 e. The van der Waals surface area contributed by atoms with Crippen LogP contribution in [0.2, 0.25) is 0 Å². The van der Waals surface area contributed by atoms with E-state index in [0.717, 1.165) is 32.0 Å². The lowest BCUT2D eigenvalue weighted by Gasteiger charge is -2.36. The van der Waals surface area contributed by atoms with Crippen LogP contribution in [0.15, 0.2) is 30.5 Å². The number of piperazine rings is 1. The summed E-state index contributed by atoms with van der Waals surface area (Å²) in [5.41, 5.74) is 0.758. The van der Waals surface area contributed by atoms with Crippen LogP contribution >= 0.6 is 0 Å². The Morgan fingerprint density at radius 1 is 1.07 bits per heavy atom. The fourth-order valence-corrected chi connectivity index (χ4v) is 2.90. The molecule has 0 atom stereocenters. The van der Waals surface area contributed by atoms with E-state index in [1.165, 1.54) is 0 Å². The van der Waals surface area contributed by atoms with Crippen LogP contribution in [0.1, 0.15) is 11.1 Å². The summed E-state index contributed by atoms with van der Waals surface area (Å²) in [5.74, 6) is 2.01. The van der Waals surface area contributed by atoms with Crippen LogP contribution in [-0.4, -0.2) is 61.2 Å². The van der Waals surface area contributed by atoms with Crippen LogP contribution < -0.4 is 15.1 Å². The van der Waals surface area contributed by atoms with Crippen LogP contribution in [0.4, 0.5) is 17.5 Å². The van der Waals surface area contributed by atoms with Gasteiger partial charge in [0.1, 0.15) is 23.5 Å². The smallest absolute Gasteiger partial charge is 0.238 e. The highest BCUT2D eigenvalue weighted by Gasteiger charge is 2.23. The minimum absolute atomic E-state index is 0.348. The van der Waals surface area contributed by atoms with Gasteiger partial charge in [0.05, 0.1) is 19.7 Å². The second-order valence-electron chi connectivity index (χ2n) is 6.38. The molecule has 8 heteroatoms. The molecule has 0 radical (unpaired) electrons. The highest BCUT2D eigenvalue weighted by atomic mass is 15.3. The Balaban J connectivity index is 1.84. The highest BCUT2D eigenvalue weighted by molar-refractivity contribution is 5.76. The second-order valence-corrected chi connectivity index (χ2v) is 6.38. The maximum absolute atomic E-state index is 9.53. The van der Waals surface area contributed by atoms with Gasteiger partial charge in [0.25, 0.3) is 0 Å². The van der Waals surface area contributed by atoms with Crippen LogP contribution in [0.3, 0.4) is 0 Å². The molecular formula is C19H21N8+. The summed E-state index contributed by atoms with van der Waals surface area (Å²) in [6.45, 7) is 3.02. The topological polar surface area (TPSA) is 94.9 Å². The van der Waals surface area contributed by atoms with Gasteiger partial charge in [-0.25, -0.2) is 10.3 Å². The third-order valence-corrected chi connectivity index (χ3v) is 4.26. The van der Waals surface area contributed by atoms with Gasteiger partial charge >= 0.3 is 0 Å². The first-order chi connectivity index (χ1) is 13.1.